The van der Waals surface area contributed by atoms with Crippen LogP contribution in [-0.2, 0) is 71.8 Å². The summed E-state index contributed by atoms with van der Waals surface area (Å²) < 4.78 is 86.9. The molecular formula is C68H107F6N15O21. The van der Waals surface area contributed by atoms with Crippen LogP contribution >= 0.6 is 0 Å². The summed E-state index contributed by atoms with van der Waals surface area (Å²) in [6.07, 6.45) is -23.5. The van der Waals surface area contributed by atoms with Crippen molar-refractivity contribution in [2.24, 2.45) is 51.3 Å². The second-order valence-electron chi connectivity index (χ2n) is 29.7. The van der Waals surface area contributed by atoms with Gasteiger partial charge in [-0.2, -0.15) is 26.3 Å². The number of cyclic esters (lactones) is 1. The number of esters is 1. The minimum absolute atomic E-state index is 0.0145. The average molecular weight is 1580 g/mol. The smallest absolute Gasteiger partial charge is 0.475 e. The van der Waals surface area contributed by atoms with Crippen LogP contribution in [0.2, 0.25) is 0 Å². The predicted molar refractivity (Wildman–Crippen MR) is 377 cm³/mol. The molecule has 0 radical (unpaired) electrons. The third-order valence-electron chi connectivity index (χ3n) is 17.2. The van der Waals surface area contributed by atoms with E-state index in [9.17, 15) is 94.7 Å². The third-order valence-corrected chi connectivity index (χ3v) is 17.2. The lowest BCUT2D eigenvalue weighted by molar-refractivity contribution is -0.192. The summed E-state index contributed by atoms with van der Waals surface area (Å²) in [7, 11) is 0. The number of carbonyl (C=O) groups excluding carboxylic acids is 13. The highest BCUT2D eigenvalue weighted by Gasteiger charge is 2.53. The van der Waals surface area contributed by atoms with Gasteiger partial charge in [0.2, 0.25) is 65.0 Å². The number of carboxylic acid groups (broad SMARTS) is 1. The van der Waals surface area contributed by atoms with Crippen molar-refractivity contribution >= 4 is 89.0 Å². The zero-order valence-corrected chi connectivity index (χ0v) is 63.4. The number of aliphatic imine (C=N–C) groups is 1. The molecule has 36 nitrogen and oxygen atoms in total. The van der Waals surface area contributed by atoms with Gasteiger partial charge in [-0.3, -0.25) is 57.7 Å². The summed E-state index contributed by atoms with van der Waals surface area (Å²) in [6.45, 7) is 17.3. The number of alkyl carbamates (subject to hydrolysis) is 1. The molecule has 2 aliphatic rings. The number of aliphatic carboxylic acids is 1. The van der Waals surface area contributed by atoms with Crippen molar-refractivity contribution in [1.82, 2.24) is 58.5 Å². The van der Waals surface area contributed by atoms with Gasteiger partial charge in [0, 0.05) is 6.54 Å². The quantitative estimate of drug-likeness (QED) is 0.0213. The van der Waals surface area contributed by atoms with Crippen molar-refractivity contribution in [2.75, 3.05) is 19.7 Å². The maximum atomic E-state index is 15.7. The Kier molecular flexibility index (Phi) is 37.2. The summed E-state index contributed by atoms with van der Waals surface area (Å²) in [5.41, 5.74) is 11.9. The molecule has 0 bridgehead atoms. The van der Waals surface area contributed by atoms with E-state index < -0.39 is 253 Å². The number of amides is 12. The fraction of sp³-hybridized carbons (Fsp3) is 0.691. The van der Waals surface area contributed by atoms with Crippen molar-refractivity contribution in [3.63, 3.8) is 0 Å². The number of nitrogens with one attached hydrogen (secondary N) is 11. The van der Waals surface area contributed by atoms with Crippen molar-refractivity contribution in [1.29, 1.82) is 0 Å². The Balaban J connectivity index is 0.00000557. The van der Waals surface area contributed by atoms with Crippen LogP contribution < -0.4 is 75.7 Å². The molecule has 2 fully saturated rings. The van der Waals surface area contributed by atoms with Gasteiger partial charge in [-0.1, -0.05) is 99.1 Å². The van der Waals surface area contributed by atoms with Crippen molar-refractivity contribution in [3.8, 4) is 0 Å². The van der Waals surface area contributed by atoms with Gasteiger partial charge >= 0.3 is 30.4 Å². The molecule has 0 aromatic heterocycles. The SMILES string of the molecule is CC[C@H](C)[C@@H]1NC(=O)[C@@H](CCCN=C(N)N)NC(=O)[C@H](CC(C)C)NC(=O)[C@H]([C@H](O)C(C)C)NC(=O)[C@@H](NC(=O)C2(NC(=O)[C@@H](CC(C)(C)C)NC(=O)OC(C)(C)C)CCC(C(F)(F)F)CC2)[C@@H](c2ccccc2)OC(=O)[C@H](CO)NC(=O)[C@H]([C@H](O)C(N)=O)NC(=O)CNC(=O)[C@H]([C@H](C)O)NC1=O.O=C(O)C(F)(F)F. The molecule has 14 atom stereocenters. The Hall–Kier alpha value is -9.71. The largest absolute Gasteiger partial charge is 0.490 e. The zero-order valence-electron chi connectivity index (χ0n) is 63.4. The van der Waals surface area contributed by atoms with Gasteiger partial charge in [0.25, 0.3) is 0 Å². The van der Waals surface area contributed by atoms with Crippen molar-refractivity contribution in [2.45, 2.75) is 250 Å². The Labute approximate surface area is 630 Å². The van der Waals surface area contributed by atoms with Crippen LogP contribution in [0, 0.1) is 29.1 Å². The van der Waals surface area contributed by atoms with Gasteiger partial charge < -0.3 is 111 Å². The van der Waals surface area contributed by atoms with Gasteiger partial charge in [0.15, 0.2) is 24.2 Å². The van der Waals surface area contributed by atoms with E-state index in [-0.39, 0.29) is 50.2 Å². The molecule has 0 unspecified atom stereocenters. The number of carboxylic acids is 1. The normalized spacial score (nSPS) is 25.2. The third kappa shape index (κ3) is 31.7. The number of aliphatic hydroxyl groups excluding tert-OH is 4. The molecule has 1 saturated heterocycles. The number of hydrogen-bond acceptors (Lipinski definition) is 21. The summed E-state index contributed by atoms with van der Waals surface area (Å²) in [6, 6.07) is -11.3. The van der Waals surface area contributed by atoms with Crippen LogP contribution in [-0.4, -0.2) is 230 Å². The van der Waals surface area contributed by atoms with E-state index >= 15 is 14.4 Å². The molecule has 42 heteroatoms. The molecule has 1 aromatic rings. The van der Waals surface area contributed by atoms with E-state index in [1.54, 1.807) is 41.5 Å². The highest BCUT2D eigenvalue weighted by atomic mass is 19.4. The van der Waals surface area contributed by atoms with Crippen LogP contribution in [0.15, 0.2) is 35.3 Å². The maximum Gasteiger partial charge on any atom is 0.490 e. The van der Waals surface area contributed by atoms with Crippen molar-refractivity contribution < 1.29 is 128 Å². The standard InChI is InChI=1S/C66H106F3N15O19.C2HF3O2/c1-14-33(6)42-55(95)81-43(34(7)86)54(94)74-29-41(87)79-45(48(89)50(70)90)57(97)77-40(30-85)59(99)102-49(35-19-16-15-17-20-35)46(83-60(100)65(24-22-36(23-25-65)66(67,68)69)84-53(93)39(28-63(8,9)10)78-62(101)103-64(11,12)13)58(98)82-44(47(88)32(4)5)56(96)76-38(27-31(2)3)52(92)75-37(51(91)80-42)21-18-26-73-61(71)72;3-2(4,5)1(6)7/h15-17,19-20,31-34,36-40,42-49,85-86,88-89H,14,18,21-30H2,1-13H3,(H2,70,90)(H,74,94)(H,75,92)(H,76,96)(H,77,97)(H,78,101)(H,79,87)(H,80,91)(H,81,95)(H,82,98)(H,83,100)(H,84,93)(H4,71,72,73);(H,6,7)/t33-,34-,36?,37+,38-,39+,40-,42-,43-,44-,45-,46-,47+,48-,49+,65?;/m0./s1. The molecule has 110 heavy (non-hydrogen) atoms. The Morgan fingerprint density at radius 2 is 1.21 bits per heavy atom. The van der Waals surface area contributed by atoms with E-state index in [2.05, 4.69) is 52.8 Å². The first-order valence-corrected chi connectivity index (χ1v) is 35.2. The molecule has 12 amide bonds. The lowest BCUT2D eigenvalue weighted by atomic mass is 9.75. The fourth-order valence-electron chi connectivity index (χ4n) is 11.1. The number of aliphatic hydroxyl groups is 4. The maximum absolute atomic E-state index is 15.7. The lowest BCUT2D eigenvalue weighted by Crippen LogP contribution is -2.67. The summed E-state index contributed by atoms with van der Waals surface area (Å²) >= 11 is 0. The van der Waals surface area contributed by atoms with Crippen LogP contribution in [0.5, 0.6) is 0 Å². The molecule has 1 aliphatic heterocycles. The molecule has 1 saturated carbocycles. The first-order chi connectivity index (χ1) is 50.6. The molecule has 22 N–H and O–H groups in total. The topological polar surface area (TPSA) is 581 Å². The number of halogens is 6. The summed E-state index contributed by atoms with van der Waals surface area (Å²) in [4.78, 5) is 200. The number of nitrogens with two attached hydrogens (primary N) is 3. The number of primary amides is 1. The molecule has 1 aromatic carbocycles. The van der Waals surface area contributed by atoms with Gasteiger partial charge in [-0.25, -0.2) is 14.4 Å². The molecule has 1 heterocycles. The second-order valence-corrected chi connectivity index (χ2v) is 29.7. The van der Waals surface area contributed by atoms with Crippen LogP contribution in [0.4, 0.5) is 31.1 Å². The first-order valence-electron chi connectivity index (χ1n) is 35.2. The highest BCUT2D eigenvalue weighted by molar-refractivity contribution is 6.01. The number of nitrogens with zero attached hydrogens (tertiary/aromatic N) is 1. The number of hydrogen-bond donors (Lipinski definition) is 19. The number of alkyl halides is 6. The number of rotatable bonds is 21. The monoisotopic (exact) mass is 1580 g/mol. The number of ether oxygens (including phenoxy) is 2. The second kappa shape index (κ2) is 42.5. The first kappa shape index (κ1) is 96.4. The van der Waals surface area contributed by atoms with Crippen LogP contribution in [0.3, 0.4) is 0 Å². The van der Waals surface area contributed by atoms with Crippen molar-refractivity contribution in [3.05, 3.63) is 35.9 Å². The Bertz CT molecular complexity index is 3380. The zero-order chi connectivity index (χ0) is 84.5. The van der Waals surface area contributed by atoms with E-state index in [0.29, 0.717) is 0 Å². The lowest BCUT2D eigenvalue weighted by Gasteiger charge is -2.42. The number of benzene rings is 1. The van der Waals surface area contributed by atoms with Gasteiger partial charge in [-0.15, -0.1) is 0 Å². The number of carbonyl (C=O) groups is 14. The van der Waals surface area contributed by atoms with E-state index in [1.165, 1.54) is 71.9 Å². The molecule has 3 rings (SSSR count). The summed E-state index contributed by atoms with van der Waals surface area (Å²) in [5.74, 6) is -23.7. The van der Waals surface area contributed by atoms with E-state index in [4.69, 9.17) is 36.6 Å². The van der Waals surface area contributed by atoms with Gasteiger partial charge in [0.05, 0.1) is 31.3 Å². The molecule has 1 aliphatic carbocycles. The predicted octanol–water partition coefficient (Wildman–Crippen LogP) is -1.77. The number of guanidine groups is 1. The van der Waals surface area contributed by atoms with Gasteiger partial charge in [0.1, 0.15) is 59.5 Å². The van der Waals surface area contributed by atoms with Gasteiger partial charge in [-0.05, 0) is 108 Å². The Morgan fingerprint density at radius 1 is 0.691 bits per heavy atom. The molecular weight excluding hydrogens is 1480 g/mol. The fourth-order valence-corrected chi connectivity index (χ4v) is 11.1. The van der Waals surface area contributed by atoms with E-state index in [0.717, 1.165) is 6.92 Å². The average Bonchev–Trinajstić information content (AvgIpc) is 0.776. The minimum atomic E-state index is -5.08. The molecule has 0 spiro atoms. The Morgan fingerprint density at radius 3 is 1.69 bits per heavy atom. The molecule has 622 valence electrons. The van der Waals surface area contributed by atoms with Crippen LogP contribution in [0.1, 0.15) is 159 Å². The van der Waals surface area contributed by atoms with Crippen LogP contribution in [0.25, 0.3) is 0 Å². The van der Waals surface area contributed by atoms with E-state index in [1.807, 2.05) is 10.6 Å². The summed E-state index contributed by atoms with van der Waals surface area (Å²) in [5, 5.41) is 77.6. The minimum Gasteiger partial charge on any atom is -0.475 e. The highest BCUT2D eigenvalue weighted by Crippen LogP contribution is 2.42.